The Labute approximate surface area is 170 Å². The predicted molar refractivity (Wildman–Crippen MR) is 101 cm³/mol. The molecule has 0 radical (unpaired) electrons. The van der Waals surface area contributed by atoms with Gasteiger partial charge in [0.15, 0.2) is 6.61 Å². The highest BCUT2D eigenvalue weighted by Crippen LogP contribution is 2.21. The lowest BCUT2D eigenvalue weighted by Gasteiger charge is -2.35. The Morgan fingerprint density at radius 1 is 1.07 bits per heavy atom. The second-order valence-corrected chi connectivity index (χ2v) is 7.18. The topological polar surface area (TPSA) is 32.8 Å². The molecule has 0 aliphatic carbocycles. The van der Waals surface area contributed by atoms with Crippen LogP contribution in [-0.4, -0.2) is 54.7 Å². The first-order chi connectivity index (χ1) is 13.7. The van der Waals surface area contributed by atoms with E-state index >= 15 is 0 Å². The third kappa shape index (κ3) is 6.08. The van der Waals surface area contributed by atoms with Crippen LogP contribution in [0.15, 0.2) is 42.5 Å². The van der Waals surface area contributed by atoms with Crippen molar-refractivity contribution in [1.82, 2.24) is 9.80 Å². The Morgan fingerprint density at radius 2 is 1.79 bits per heavy atom. The summed E-state index contributed by atoms with van der Waals surface area (Å²) in [7, 11) is 0. The number of hydrogen-bond donors (Lipinski definition) is 0. The summed E-state index contributed by atoms with van der Waals surface area (Å²) in [5.41, 5.74) is 0.755. The maximum atomic E-state index is 13.9. The van der Waals surface area contributed by atoms with Gasteiger partial charge in [-0.05, 0) is 35.9 Å². The van der Waals surface area contributed by atoms with Gasteiger partial charge in [0.25, 0.3) is 5.91 Å². The lowest BCUT2D eigenvalue weighted by atomic mass is 10.1. The lowest BCUT2D eigenvalue weighted by Crippen LogP contribution is -2.48. The maximum absolute atomic E-state index is 13.9. The summed E-state index contributed by atoms with van der Waals surface area (Å²) in [6, 6.07) is 10.4. The number of piperazine rings is 1. The molecule has 2 aromatic rings. The molecule has 1 aliphatic rings. The molecule has 1 saturated heterocycles. The number of ether oxygens (including phenoxy) is 1. The summed E-state index contributed by atoms with van der Waals surface area (Å²) in [4.78, 5) is 16.2. The molecule has 0 saturated carbocycles. The fourth-order valence-electron chi connectivity index (χ4n) is 3.10. The fraction of sp³-hybridized carbons (Fsp3) is 0.350. The van der Waals surface area contributed by atoms with Gasteiger partial charge in [0.05, 0.1) is 5.56 Å². The number of halogens is 5. The van der Waals surface area contributed by atoms with Crippen LogP contribution in [-0.2, 0) is 6.54 Å². The first kappa shape index (κ1) is 21.4. The first-order valence-corrected chi connectivity index (χ1v) is 9.34. The highest BCUT2D eigenvalue weighted by atomic mass is 35.5. The number of benzene rings is 2. The van der Waals surface area contributed by atoms with Crippen LogP contribution in [0.1, 0.15) is 15.9 Å². The zero-order valence-electron chi connectivity index (χ0n) is 15.4. The minimum Gasteiger partial charge on any atom is -0.484 e. The highest BCUT2D eigenvalue weighted by molar-refractivity contribution is 6.31. The summed E-state index contributed by atoms with van der Waals surface area (Å²) in [5.74, 6) is -0.866. The molecule has 1 aliphatic heterocycles. The molecular formula is C20H19ClF4N2O2. The van der Waals surface area contributed by atoms with E-state index in [-0.39, 0.29) is 11.3 Å². The Bertz CT molecular complexity index is 868. The zero-order chi connectivity index (χ0) is 21.0. The van der Waals surface area contributed by atoms with E-state index in [0.29, 0.717) is 37.7 Å². The molecule has 0 unspecified atom stereocenters. The Hall–Kier alpha value is -2.32. The molecule has 156 valence electrons. The third-order valence-electron chi connectivity index (χ3n) is 4.53. The van der Waals surface area contributed by atoms with E-state index in [1.54, 1.807) is 23.1 Å². The Kier molecular flexibility index (Phi) is 6.64. The van der Waals surface area contributed by atoms with E-state index < -0.39 is 24.5 Å². The zero-order valence-corrected chi connectivity index (χ0v) is 16.1. The van der Waals surface area contributed by atoms with Crippen LogP contribution in [0.5, 0.6) is 5.75 Å². The van der Waals surface area contributed by atoms with Gasteiger partial charge in [0.1, 0.15) is 11.6 Å². The van der Waals surface area contributed by atoms with Crippen LogP contribution in [0.4, 0.5) is 17.6 Å². The van der Waals surface area contributed by atoms with E-state index in [1.807, 2.05) is 0 Å². The van der Waals surface area contributed by atoms with Crippen molar-refractivity contribution in [3.63, 3.8) is 0 Å². The predicted octanol–water partition coefficient (Wildman–Crippen LogP) is 4.38. The van der Waals surface area contributed by atoms with Gasteiger partial charge in [-0.25, -0.2) is 4.39 Å². The minimum atomic E-state index is -4.39. The van der Waals surface area contributed by atoms with Crippen molar-refractivity contribution >= 4 is 17.5 Å². The second-order valence-electron chi connectivity index (χ2n) is 6.74. The molecule has 3 rings (SSSR count). The summed E-state index contributed by atoms with van der Waals surface area (Å²) in [6.07, 6.45) is -4.39. The van der Waals surface area contributed by atoms with Gasteiger partial charge in [-0.3, -0.25) is 9.69 Å². The van der Waals surface area contributed by atoms with Crippen molar-refractivity contribution in [3.05, 3.63) is 64.4 Å². The fourth-order valence-corrected chi connectivity index (χ4v) is 3.27. The Balaban J connectivity index is 1.55. The molecule has 0 atom stereocenters. The largest absolute Gasteiger partial charge is 0.484 e. The van der Waals surface area contributed by atoms with E-state index in [2.05, 4.69) is 4.90 Å². The van der Waals surface area contributed by atoms with Crippen molar-refractivity contribution in [2.45, 2.75) is 12.7 Å². The molecule has 0 aromatic heterocycles. The van der Waals surface area contributed by atoms with Gasteiger partial charge in [-0.1, -0.05) is 23.7 Å². The average Bonchev–Trinajstić information content (AvgIpc) is 2.68. The molecule has 4 nitrogen and oxygen atoms in total. The van der Waals surface area contributed by atoms with E-state index in [0.717, 1.165) is 5.56 Å². The minimum absolute atomic E-state index is 0.0551. The van der Waals surface area contributed by atoms with Crippen molar-refractivity contribution in [2.75, 3.05) is 32.8 Å². The molecule has 2 aromatic carbocycles. The molecule has 1 amide bonds. The number of carbonyl (C=O) groups excluding carboxylic acids is 1. The van der Waals surface area contributed by atoms with E-state index in [4.69, 9.17) is 16.3 Å². The smallest absolute Gasteiger partial charge is 0.422 e. The van der Waals surface area contributed by atoms with Crippen LogP contribution in [0.25, 0.3) is 0 Å². The highest BCUT2D eigenvalue weighted by Gasteiger charge is 2.28. The summed E-state index contributed by atoms with van der Waals surface area (Å²) in [5, 5.41) is 0.293. The van der Waals surface area contributed by atoms with Crippen molar-refractivity contribution in [2.24, 2.45) is 0 Å². The number of carbonyl (C=O) groups is 1. The van der Waals surface area contributed by atoms with Crippen LogP contribution in [0, 0.1) is 5.82 Å². The summed E-state index contributed by atoms with van der Waals surface area (Å²) >= 11 is 5.86. The van der Waals surface area contributed by atoms with Crippen LogP contribution >= 0.6 is 11.6 Å². The number of alkyl halides is 3. The maximum Gasteiger partial charge on any atom is 0.422 e. The first-order valence-electron chi connectivity index (χ1n) is 8.96. The van der Waals surface area contributed by atoms with E-state index in [1.165, 1.54) is 24.3 Å². The lowest BCUT2D eigenvalue weighted by molar-refractivity contribution is -0.153. The van der Waals surface area contributed by atoms with Gasteiger partial charge in [0, 0.05) is 37.7 Å². The standard InChI is InChI=1S/C20H19ClF4N2O2/c21-15-4-5-18(22)17(11-15)19(28)27-8-6-26(7-9-27)12-14-2-1-3-16(10-14)29-13-20(23,24)25/h1-5,10-11H,6-9,12-13H2. The van der Waals surface area contributed by atoms with Gasteiger partial charge in [-0.15, -0.1) is 0 Å². The van der Waals surface area contributed by atoms with Gasteiger partial charge >= 0.3 is 6.18 Å². The van der Waals surface area contributed by atoms with Gasteiger partial charge in [0.2, 0.25) is 0 Å². The number of amides is 1. The molecule has 9 heteroatoms. The number of rotatable bonds is 5. The van der Waals surface area contributed by atoms with E-state index in [9.17, 15) is 22.4 Å². The molecule has 1 fully saturated rings. The summed E-state index contributed by atoms with van der Waals surface area (Å²) < 4.78 is 55.6. The molecule has 0 spiro atoms. The normalized spacial score (nSPS) is 15.4. The SMILES string of the molecule is O=C(c1cc(Cl)ccc1F)N1CCN(Cc2cccc(OCC(F)(F)F)c2)CC1. The molecule has 1 heterocycles. The quantitative estimate of drug-likeness (QED) is 0.660. The number of nitrogens with zero attached hydrogens (tertiary/aromatic N) is 2. The van der Waals surface area contributed by atoms with Gasteiger partial charge in [-0.2, -0.15) is 13.2 Å². The average molecular weight is 431 g/mol. The molecule has 0 bridgehead atoms. The van der Waals surface area contributed by atoms with Crippen LogP contribution in [0.2, 0.25) is 5.02 Å². The third-order valence-corrected chi connectivity index (χ3v) is 4.76. The summed E-state index contributed by atoms with van der Waals surface area (Å²) in [6.45, 7) is 1.11. The van der Waals surface area contributed by atoms with Crippen molar-refractivity contribution in [1.29, 1.82) is 0 Å². The Morgan fingerprint density at radius 3 is 2.48 bits per heavy atom. The second kappa shape index (κ2) is 9.00. The molecular weight excluding hydrogens is 412 g/mol. The molecule has 0 N–H and O–H groups in total. The molecule has 29 heavy (non-hydrogen) atoms. The number of hydrogen-bond acceptors (Lipinski definition) is 3. The van der Waals surface area contributed by atoms with Crippen LogP contribution in [0.3, 0.4) is 0 Å². The van der Waals surface area contributed by atoms with Gasteiger partial charge < -0.3 is 9.64 Å². The monoisotopic (exact) mass is 430 g/mol. The van der Waals surface area contributed by atoms with Crippen molar-refractivity contribution < 1.29 is 27.1 Å². The van der Waals surface area contributed by atoms with Crippen molar-refractivity contribution in [3.8, 4) is 5.75 Å². The van der Waals surface area contributed by atoms with Crippen LogP contribution < -0.4 is 4.74 Å².